The number of hydrogen-bond acceptors (Lipinski definition) is 4. The summed E-state index contributed by atoms with van der Waals surface area (Å²) in [5.74, 6) is -0.542. The van der Waals surface area contributed by atoms with E-state index < -0.39 is 17.3 Å². The SMILES string of the molecule is COCC(CNC(=O)NC(=O)C(C)Cl)OC. The molecule has 0 aromatic rings. The molecule has 0 aliphatic heterocycles. The summed E-state index contributed by atoms with van der Waals surface area (Å²) in [7, 11) is 3.04. The second-order valence-electron chi connectivity index (χ2n) is 3.13. The molecule has 2 N–H and O–H groups in total. The molecule has 0 saturated heterocycles. The van der Waals surface area contributed by atoms with Crippen LogP contribution in [0.15, 0.2) is 0 Å². The zero-order chi connectivity index (χ0) is 12.6. The molecule has 2 unspecified atom stereocenters. The highest BCUT2D eigenvalue weighted by Gasteiger charge is 2.14. The standard InChI is InChI=1S/C9H17ClN2O4/c1-6(10)8(13)12-9(14)11-4-7(16-3)5-15-2/h6-7H,4-5H2,1-3H3,(H2,11,12,13,14). The molecule has 0 heterocycles. The molecule has 0 bridgehead atoms. The van der Waals surface area contributed by atoms with Crippen LogP contribution in [-0.2, 0) is 14.3 Å². The van der Waals surface area contributed by atoms with Crippen molar-refractivity contribution in [2.45, 2.75) is 18.4 Å². The number of urea groups is 1. The van der Waals surface area contributed by atoms with Crippen molar-refractivity contribution in [1.29, 1.82) is 0 Å². The number of halogens is 1. The maximum absolute atomic E-state index is 11.2. The summed E-state index contributed by atoms with van der Waals surface area (Å²) in [6.45, 7) is 2.09. The van der Waals surface area contributed by atoms with Crippen LogP contribution >= 0.6 is 11.6 Å². The van der Waals surface area contributed by atoms with E-state index in [-0.39, 0.29) is 12.6 Å². The van der Waals surface area contributed by atoms with Crippen LogP contribution in [0.3, 0.4) is 0 Å². The van der Waals surface area contributed by atoms with Gasteiger partial charge in [-0.3, -0.25) is 10.1 Å². The zero-order valence-corrected chi connectivity index (χ0v) is 10.3. The van der Waals surface area contributed by atoms with Crippen molar-refractivity contribution in [3.63, 3.8) is 0 Å². The first-order valence-electron chi connectivity index (χ1n) is 4.75. The molecule has 7 heteroatoms. The largest absolute Gasteiger partial charge is 0.382 e. The van der Waals surface area contributed by atoms with Gasteiger partial charge in [-0.1, -0.05) is 0 Å². The van der Waals surface area contributed by atoms with E-state index in [1.54, 1.807) is 0 Å². The van der Waals surface area contributed by atoms with Crippen LogP contribution in [0.5, 0.6) is 0 Å². The van der Waals surface area contributed by atoms with Gasteiger partial charge in [0.2, 0.25) is 5.91 Å². The summed E-state index contributed by atoms with van der Waals surface area (Å²) >= 11 is 5.48. The minimum atomic E-state index is -0.747. The van der Waals surface area contributed by atoms with E-state index in [4.69, 9.17) is 21.1 Å². The number of amides is 3. The maximum Gasteiger partial charge on any atom is 0.321 e. The minimum absolute atomic E-state index is 0.250. The van der Waals surface area contributed by atoms with Gasteiger partial charge in [-0.15, -0.1) is 11.6 Å². The lowest BCUT2D eigenvalue weighted by atomic mass is 10.4. The van der Waals surface area contributed by atoms with Crippen molar-refractivity contribution < 1.29 is 19.1 Å². The van der Waals surface area contributed by atoms with Crippen molar-refractivity contribution >= 4 is 23.5 Å². The zero-order valence-electron chi connectivity index (χ0n) is 9.58. The molecule has 0 radical (unpaired) electrons. The summed E-state index contributed by atoms with van der Waals surface area (Å²) in [4.78, 5) is 22.2. The van der Waals surface area contributed by atoms with Crippen LogP contribution in [0, 0.1) is 0 Å². The van der Waals surface area contributed by atoms with Crippen LogP contribution in [0.25, 0.3) is 0 Å². The van der Waals surface area contributed by atoms with Crippen LogP contribution in [0.4, 0.5) is 4.79 Å². The Labute approximate surface area is 99.6 Å². The van der Waals surface area contributed by atoms with Gasteiger partial charge in [0.1, 0.15) is 5.38 Å². The molecule has 2 atom stereocenters. The monoisotopic (exact) mass is 252 g/mol. The van der Waals surface area contributed by atoms with E-state index in [0.29, 0.717) is 6.61 Å². The normalized spacial score (nSPS) is 14.0. The molecule has 0 spiro atoms. The molecule has 0 aromatic heterocycles. The van der Waals surface area contributed by atoms with E-state index >= 15 is 0 Å². The molecular formula is C9H17ClN2O4. The van der Waals surface area contributed by atoms with Gasteiger partial charge in [-0.2, -0.15) is 0 Å². The predicted molar refractivity (Wildman–Crippen MR) is 59.5 cm³/mol. The van der Waals surface area contributed by atoms with Crippen LogP contribution < -0.4 is 10.6 Å². The fourth-order valence-corrected chi connectivity index (χ4v) is 0.913. The molecule has 0 aliphatic carbocycles. The van der Waals surface area contributed by atoms with Gasteiger partial charge in [0.25, 0.3) is 0 Å². The topological polar surface area (TPSA) is 76.7 Å². The minimum Gasteiger partial charge on any atom is -0.382 e. The Morgan fingerprint density at radius 1 is 1.38 bits per heavy atom. The summed E-state index contributed by atoms with van der Waals surface area (Å²) in [5, 5.41) is 3.81. The second kappa shape index (κ2) is 8.32. The van der Waals surface area contributed by atoms with Gasteiger partial charge in [-0.05, 0) is 6.92 Å². The smallest absolute Gasteiger partial charge is 0.321 e. The highest BCUT2D eigenvalue weighted by molar-refractivity contribution is 6.31. The number of nitrogens with one attached hydrogen (secondary N) is 2. The van der Waals surface area contributed by atoms with Crippen molar-refractivity contribution in [3.8, 4) is 0 Å². The second-order valence-corrected chi connectivity index (χ2v) is 3.78. The summed E-state index contributed by atoms with van der Waals surface area (Å²) in [6.07, 6.45) is -0.251. The number of carbonyl (C=O) groups excluding carboxylic acids is 2. The lowest BCUT2D eigenvalue weighted by molar-refractivity contribution is -0.119. The van der Waals surface area contributed by atoms with Gasteiger partial charge >= 0.3 is 6.03 Å². The van der Waals surface area contributed by atoms with E-state index in [2.05, 4.69) is 10.6 Å². The third-order valence-corrected chi connectivity index (χ3v) is 1.97. The Hall–Kier alpha value is -0.850. The average molecular weight is 253 g/mol. The number of carbonyl (C=O) groups is 2. The molecule has 0 fully saturated rings. The summed E-state index contributed by atoms with van der Waals surface area (Å²) in [5.41, 5.74) is 0. The quantitative estimate of drug-likeness (QED) is 0.658. The molecule has 0 rings (SSSR count). The lowest BCUT2D eigenvalue weighted by Gasteiger charge is -2.15. The Balaban J connectivity index is 3.83. The molecule has 3 amide bonds. The number of hydrogen-bond donors (Lipinski definition) is 2. The molecular weight excluding hydrogens is 236 g/mol. The van der Waals surface area contributed by atoms with Gasteiger partial charge in [0.15, 0.2) is 0 Å². The third-order valence-electron chi connectivity index (χ3n) is 1.77. The van der Waals surface area contributed by atoms with E-state index in [1.807, 2.05) is 0 Å². The number of imide groups is 1. The molecule has 0 aliphatic rings. The first kappa shape index (κ1) is 15.2. The van der Waals surface area contributed by atoms with Gasteiger partial charge in [-0.25, -0.2) is 4.79 Å². The number of ether oxygens (including phenoxy) is 2. The number of methoxy groups -OCH3 is 2. The molecule has 0 saturated carbocycles. The van der Waals surface area contributed by atoms with Crippen molar-refractivity contribution in [3.05, 3.63) is 0 Å². The third kappa shape index (κ3) is 6.60. The van der Waals surface area contributed by atoms with E-state index in [1.165, 1.54) is 21.1 Å². The number of rotatable bonds is 6. The fourth-order valence-electron chi connectivity index (χ4n) is 0.858. The number of alkyl halides is 1. The molecule has 94 valence electrons. The first-order chi connectivity index (χ1) is 7.51. The Morgan fingerprint density at radius 2 is 2.00 bits per heavy atom. The van der Waals surface area contributed by atoms with Crippen molar-refractivity contribution in [1.82, 2.24) is 10.6 Å². The van der Waals surface area contributed by atoms with Gasteiger partial charge in [0, 0.05) is 20.8 Å². The summed E-state index contributed by atoms with van der Waals surface area (Å²) in [6, 6.07) is -0.601. The predicted octanol–water partition coefficient (Wildman–Crippen LogP) is 0.101. The Kier molecular flexibility index (Phi) is 7.88. The highest BCUT2D eigenvalue weighted by atomic mass is 35.5. The lowest BCUT2D eigenvalue weighted by Crippen LogP contribution is -2.45. The molecule has 6 nitrogen and oxygen atoms in total. The Morgan fingerprint density at radius 3 is 2.44 bits per heavy atom. The first-order valence-corrected chi connectivity index (χ1v) is 5.19. The highest BCUT2D eigenvalue weighted by Crippen LogP contribution is 1.92. The molecule has 0 aromatic carbocycles. The van der Waals surface area contributed by atoms with Crippen LogP contribution in [0.2, 0.25) is 0 Å². The Bertz CT molecular complexity index is 236. The fraction of sp³-hybridized carbons (Fsp3) is 0.778. The van der Waals surface area contributed by atoms with Crippen LogP contribution in [0.1, 0.15) is 6.92 Å². The molecule has 16 heavy (non-hydrogen) atoms. The van der Waals surface area contributed by atoms with E-state index in [9.17, 15) is 9.59 Å². The van der Waals surface area contributed by atoms with E-state index in [0.717, 1.165) is 0 Å². The van der Waals surface area contributed by atoms with Gasteiger partial charge < -0.3 is 14.8 Å². The van der Waals surface area contributed by atoms with Crippen LogP contribution in [-0.4, -0.2) is 50.8 Å². The van der Waals surface area contributed by atoms with Crippen molar-refractivity contribution in [2.75, 3.05) is 27.4 Å². The van der Waals surface area contributed by atoms with Gasteiger partial charge in [0.05, 0.1) is 12.7 Å². The van der Waals surface area contributed by atoms with Crippen molar-refractivity contribution in [2.24, 2.45) is 0 Å². The summed E-state index contributed by atoms with van der Waals surface area (Å²) < 4.78 is 9.88. The average Bonchev–Trinajstić information content (AvgIpc) is 2.23. The maximum atomic E-state index is 11.2.